The first-order chi connectivity index (χ1) is 10.4. The number of aliphatic hydroxyl groups is 1. The smallest absolute Gasteiger partial charge is 0.219 e. The lowest BCUT2D eigenvalue weighted by Gasteiger charge is -2.29. The second-order valence-electron chi connectivity index (χ2n) is 5.13. The van der Waals surface area contributed by atoms with Gasteiger partial charge in [0.15, 0.2) is 5.06 Å². The normalized spacial score (nSPS) is 13.5. The van der Waals surface area contributed by atoms with Crippen LogP contribution in [0.3, 0.4) is 0 Å². The minimum absolute atomic E-state index is 0.0928. The van der Waals surface area contributed by atoms with Crippen molar-refractivity contribution < 1.29 is 14.3 Å². The molecule has 0 saturated heterocycles. The van der Waals surface area contributed by atoms with Gasteiger partial charge in [0.1, 0.15) is 5.82 Å². The molecule has 1 amide bonds. The fraction of sp³-hybridized carbons (Fsp3) is 0.235. The molecule has 1 N–H and O–H groups in total. The van der Waals surface area contributed by atoms with E-state index in [4.69, 9.17) is 11.6 Å². The molecule has 0 fully saturated rings. The Labute approximate surface area is 133 Å². The van der Waals surface area contributed by atoms with Crippen molar-refractivity contribution in [1.82, 2.24) is 4.90 Å². The van der Waals surface area contributed by atoms with Crippen LogP contribution in [0, 0.1) is 5.82 Å². The third kappa shape index (κ3) is 4.29. The van der Waals surface area contributed by atoms with Crippen LogP contribution in [-0.2, 0) is 16.4 Å². The zero-order valence-electron chi connectivity index (χ0n) is 12.2. The third-order valence-electron chi connectivity index (χ3n) is 3.35. The SMILES string of the molecule is CC(=O)N(Cc1ccccc1)CC(O)(Cl)c1ccc(F)cc1. The summed E-state index contributed by atoms with van der Waals surface area (Å²) in [6.07, 6.45) is 0. The van der Waals surface area contributed by atoms with E-state index in [2.05, 4.69) is 0 Å². The summed E-state index contributed by atoms with van der Waals surface area (Å²) in [5, 5.41) is 8.65. The van der Waals surface area contributed by atoms with Crippen LogP contribution in [0.2, 0.25) is 0 Å². The van der Waals surface area contributed by atoms with Gasteiger partial charge in [-0.3, -0.25) is 4.79 Å². The summed E-state index contributed by atoms with van der Waals surface area (Å²) in [5.74, 6) is -0.617. The number of rotatable bonds is 5. The summed E-state index contributed by atoms with van der Waals surface area (Å²) in [4.78, 5) is 13.3. The van der Waals surface area contributed by atoms with Gasteiger partial charge in [-0.2, -0.15) is 0 Å². The molecule has 3 nitrogen and oxygen atoms in total. The molecule has 0 spiro atoms. The van der Waals surface area contributed by atoms with Crippen LogP contribution in [0.25, 0.3) is 0 Å². The number of carbonyl (C=O) groups is 1. The Morgan fingerprint density at radius 2 is 1.77 bits per heavy atom. The van der Waals surface area contributed by atoms with E-state index in [1.807, 2.05) is 30.3 Å². The highest BCUT2D eigenvalue weighted by molar-refractivity contribution is 6.23. The van der Waals surface area contributed by atoms with Crippen molar-refractivity contribution in [3.63, 3.8) is 0 Å². The fourth-order valence-corrected chi connectivity index (χ4v) is 2.40. The van der Waals surface area contributed by atoms with Crippen LogP contribution < -0.4 is 0 Å². The predicted octanol–water partition coefficient (Wildman–Crippen LogP) is 3.26. The maximum Gasteiger partial charge on any atom is 0.219 e. The zero-order chi connectivity index (χ0) is 16.2. The topological polar surface area (TPSA) is 40.5 Å². The molecule has 0 aliphatic carbocycles. The summed E-state index contributed by atoms with van der Waals surface area (Å²) < 4.78 is 13.0. The van der Waals surface area contributed by atoms with E-state index in [0.717, 1.165) is 5.56 Å². The van der Waals surface area contributed by atoms with Crippen LogP contribution in [0.5, 0.6) is 0 Å². The van der Waals surface area contributed by atoms with Crippen molar-refractivity contribution in [3.8, 4) is 0 Å². The van der Waals surface area contributed by atoms with Crippen LogP contribution in [0.1, 0.15) is 18.1 Å². The lowest BCUT2D eigenvalue weighted by Crippen LogP contribution is -2.39. The van der Waals surface area contributed by atoms with Gasteiger partial charge >= 0.3 is 0 Å². The lowest BCUT2D eigenvalue weighted by molar-refractivity contribution is -0.131. The summed E-state index contributed by atoms with van der Waals surface area (Å²) in [7, 11) is 0. The van der Waals surface area contributed by atoms with Crippen molar-refractivity contribution >= 4 is 17.5 Å². The minimum Gasteiger partial charge on any atom is -0.369 e. The molecule has 5 heteroatoms. The van der Waals surface area contributed by atoms with Gasteiger partial charge in [0.05, 0.1) is 6.54 Å². The third-order valence-corrected chi connectivity index (χ3v) is 3.69. The summed E-state index contributed by atoms with van der Waals surface area (Å²) in [5.41, 5.74) is 1.28. The number of amides is 1. The van der Waals surface area contributed by atoms with Gasteiger partial charge in [0.2, 0.25) is 5.91 Å². The van der Waals surface area contributed by atoms with Crippen LogP contribution in [-0.4, -0.2) is 22.5 Å². The summed E-state index contributed by atoms with van der Waals surface area (Å²) in [6.45, 7) is 1.66. The first kappa shape index (κ1) is 16.5. The largest absolute Gasteiger partial charge is 0.369 e. The second-order valence-corrected chi connectivity index (χ2v) is 5.75. The van der Waals surface area contributed by atoms with Crippen LogP contribution in [0.15, 0.2) is 54.6 Å². The van der Waals surface area contributed by atoms with Crippen molar-refractivity contribution in [3.05, 3.63) is 71.5 Å². The van der Waals surface area contributed by atoms with E-state index in [-0.39, 0.29) is 12.5 Å². The lowest BCUT2D eigenvalue weighted by atomic mass is 10.1. The number of alkyl halides is 1. The molecule has 2 rings (SSSR count). The Morgan fingerprint density at radius 1 is 1.18 bits per heavy atom. The van der Waals surface area contributed by atoms with Gasteiger partial charge in [0.25, 0.3) is 0 Å². The van der Waals surface area contributed by atoms with Gasteiger partial charge in [-0.25, -0.2) is 4.39 Å². The van der Waals surface area contributed by atoms with E-state index in [1.54, 1.807) is 0 Å². The van der Waals surface area contributed by atoms with Gasteiger partial charge < -0.3 is 10.0 Å². The fourth-order valence-electron chi connectivity index (χ4n) is 2.13. The molecular formula is C17H17ClFNO2. The minimum atomic E-state index is -1.77. The number of halogens is 2. The molecule has 0 bridgehead atoms. The molecule has 116 valence electrons. The molecular weight excluding hydrogens is 305 g/mol. The van der Waals surface area contributed by atoms with Crippen LogP contribution >= 0.6 is 11.6 Å². The van der Waals surface area contributed by atoms with Gasteiger partial charge in [0, 0.05) is 19.0 Å². The highest BCUT2D eigenvalue weighted by atomic mass is 35.5. The second kappa shape index (κ2) is 6.90. The zero-order valence-corrected chi connectivity index (χ0v) is 12.9. The summed E-state index contributed by atoms with van der Waals surface area (Å²) >= 11 is 6.16. The maximum atomic E-state index is 13.0. The Balaban J connectivity index is 2.16. The van der Waals surface area contributed by atoms with E-state index in [1.165, 1.54) is 36.1 Å². The molecule has 22 heavy (non-hydrogen) atoms. The van der Waals surface area contributed by atoms with Crippen LogP contribution in [0.4, 0.5) is 4.39 Å². The van der Waals surface area contributed by atoms with Crippen molar-refractivity contribution in [2.24, 2.45) is 0 Å². The molecule has 0 aromatic heterocycles. The van der Waals surface area contributed by atoms with E-state index in [9.17, 15) is 14.3 Å². The molecule has 0 saturated carbocycles. The molecule has 1 unspecified atom stereocenters. The monoisotopic (exact) mass is 321 g/mol. The van der Waals surface area contributed by atoms with Crippen molar-refractivity contribution in [1.29, 1.82) is 0 Å². The molecule has 0 aliphatic heterocycles. The van der Waals surface area contributed by atoms with E-state index < -0.39 is 10.9 Å². The molecule has 2 aromatic carbocycles. The first-order valence-corrected chi connectivity index (χ1v) is 7.23. The highest BCUT2D eigenvalue weighted by Crippen LogP contribution is 2.28. The predicted molar refractivity (Wildman–Crippen MR) is 83.7 cm³/mol. The molecule has 0 aliphatic rings. The number of benzene rings is 2. The molecule has 0 heterocycles. The number of hydrogen-bond donors (Lipinski definition) is 1. The van der Waals surface area contributed by atoms with Gasteiger partial charge in [-0.05, 0) is 17.7 Å². The quantitative estimate of drug-likeness (QED) is 0.859. The average Bonchev–Trinajstić information content (AvgIpc) is 2.48. The Morgan fingerprint density at radius 3 is 2.32 bits per heavy atom. The molecule has 2 aromatic rings. The van der Waals surface area contributed by atoms with E-state index >= 15 is 0 Å². The Kier molecular flexibility index (Phi) is 5.16. The maximum absolute atomic E-state index is 13.0. The first-order valence-electron chi connectivity index (χ1n) is 6.85. The number of carbonyl (C=O) groups excluding carboxylic acids is 1. The van der Waals surface area contributed by atoms with E-state index in [0.29, 0.717) is 12.1 Å². The van der Waals surface area contributed by atoms with Crippen molar-refractivity contribution in [2.75, 3.05) is 6.54 Å². The van der Waals surface area contributed by atoms with Crippen molar-refractivity contribution in [2.45, 2.75) is 18.5 Å². The molecule has 0 radical (unpaired) electrons. The Bertz CT molecular complexity index is 629. The van der Waals surface area contributed by atoms with Gasteiger partial charge in [-0.1, -0.05) is 54.1 Å². The molecule has 1 atom stereocenters. The number of hydrogen-bond acceptors (Lipinski definition) is 2. The number of nitrogens with zero attached hydrogens (tertiary/aromatic N) is 1. The summed E-state index contributed by atoms with van der Waals surface area (Å²) in [6, 6.07) is 14.7. The van der Waals surface area contributed by atoms with Gasteiger partial charge in [-0.15, -0.1) is 0 Å². The average molecular weight is 322 g/mol. The highest BCUT2D eigenvalue weighted by Gasteiger charge is 2.30. The standard InChI is InChI=1S/C17H17ClFNO2/c1-13(21)20(11-14-5-3-2-4-6-14)12-17(18,22)15-7-9-16(19)10-8-15/h2-10,22H,11-12H2,1H3. The Hall–Kier alpha value is -1.91.